The van der Waals surface area contributed by atoms with E-state index in [0.717, 1.165) is 23.1 Å². The fourth-order valence-electron chi connectivity index (χ4n) is 3.42. The highest BCUT2D eigenvalue weighted by Crippen LogP contribution is 2.24. The van der Waals surface area contributed by atoms with Crippen LogP contribution in [-0.2, 0) is 0 Å². The van der Waals surface area contributed by atoms with E-state index in [9.17, 15) is 0 Å². The Morgan fingerprint density at radius 3 is 2.69 bits per heavy atom. The van der Waals surface area contributed by atoms with Gasteiger partial charge in [0.1, 0.15) is 0 Å². The minimum atomic E-state index is 0.622. The van der Waals surface area contributed by atoms with Crippen molar-refractivity contribution in [3.63, 3.8) is 0 Å². The zero-order valence-electron chi connectivity index (χ0n) is 15.0. The lowest BCUT2D eigenvalue weighted by atomic mass is 10.0. The van der Waals surface area contributed by atoms with Crippen LogP contribution >= 0.6 is 0 Å². The number of nitrogens with zero attached hydrogens (tertiary/aromatic N) is 4. The Labute approximate surface area is 153 Å². The summed E-state index contributed by atoms with van der Waals surface area (Å²) in [6.45, 7) is 3.46. The first-order chi connectivity index (χ1) is 12.8. The van der Waals surface area contributed by atoms with Crippen LogP contribution in [0.3, 0.4) is 0 Å². The summed E-state index contributed by atoms with van der Waals surface area (Å²) in [6, 6.07) is 17.0. The third-order valence-corrected chi connectivity index (χ3v) is 4.87. The van der Waals surface area contributed by atoms with Crippen LogP contribution in [0.25, 0.3) is 11.0 Å². The van der Waals surface area contributed by atoms with Gasteiger partial charge in [0.2, 0.25) is 0 Å². The predicted octanol–water partition coefficient (Wildman–Crippen LogP) is 4.45. The van der Waals surface area contributed by atoms with Crippen LogP contribution < -0.4 is 10.3 Å². The van der Waals surface area contributed by atoms with Crippen molar-refractivity contribution in [2.45, 2.75) is 32.2 Å². The van der Waals surface area contributed by atoms with Crippen LogP contribution in [-0.4, -0.2) is 28.8 Å². The van der Waals surface area contributed by atoms with E-state index in [1.54, 1.807) is 12.4 Å². The van der Waals surface area contributed by atoms with E-state index >= 15 is 0 Å². The van der Waals surface area contributed by atoms with Gasteiger partial charge in [0, 0.05) is 18.3 Å². The molecule has 0 radical (unpaired) electrons. The number of aromatic nitrogens is 2. The van der Waals surface area contributed by atoms with Crippen LogP contribution in [0.5, 0.6) is 0 Å². The lowest BCUT2D eigenvalue weighted by molar-refractivity contribution is 0.485. The largest absolute Gasteiger partial charge is 0.369 e. The standard InChI is InChI=1S/C21H23N5/c1-16-6-4-5-13-26(16)18-11-9-17(10-12-18)14-23-25-21-15-22-19-7-2-3-8-20(19)24-21/h2-3,7-12,14-16H,4-6,13H2,1H3,(H,24,25). The Bertz CT molecular complexity index is 904. The van der Waals surface area contributed by atoms with E-state index in [2.05, 4.69) is 56.6 Å². The van der Waals surface area contributed by atoms with Crippen LogP contribution in [0.4, 0.5) is 11.5 Å². The Hall–Kier alpha value is -2.95. The molecule has 5 heteroatoms. The molecule has 0 spiro atoms. The second kappa shape index (κ2) is 7.52. The van der Waals surface area contributed by atoms with Gasteiger partial charge in [0.15, 0.2) is 5.82 Å². The molecule has 1 unspecified atom stereocenters. The molecule has 0 bridgehead atoms. The van der Waals surface area contributed by atoms with Crippen molar-refractivity contribution in [3.8, 4) is 0 Å². The summed E-state index contributed by atoms with van der Waals surface area (Å²) in [5.41, 5.74) is 7.04. The van der Waals surface area contributed by atoms with Gasteiger partial charge in [-0.3, -0.25) is 10.4 Å². The maximum atomic E-state index is 4.50. The van der Waals surface area contributed by atoms with Crippen molar-refractivity contribution in [3.05, 3.63) is 60.3 Å². The highest BCUT2D eigenvalue weighted by atomic mass is 15.3. The highest BCUT2D eigenvalue weighted by molar-refractivity contribution is 5.81. The van der Waals surface area contributed by atoms with Crippen LogP contribution in [0.1, 0.15) is 31.7 Å². The number of hydrogen-bond donors (Lipinski definition) is 1. The molecular formula is C21H23N5. The number of hydrazone groups is 1. The topological polar surface area (TPSA) is 53.4 Å². The highest BCUT2D eigenvalue weighted by Gasteiger charge is 2.18. The Morgan fingerprint density at radius 2 is 1.88 bits per heavy atom. The molecule has 5 nitrogen and oxygen atoms in total. The number of benzene rings is 2. The molecule has 132 valence electrons. The maximum absolute atomic E-state index is 4.50. The lowest BCUT2D eigenvalue weighted by Crippen LogP contribution is -2.37. The minimum Gasteiger partial charge on any atom is -0.369 e. The van der Waals surface area contributed by atoms with Crippen LogP contribution in [0, 0.1) is 0 Å². The smallest absolute Gasteiger partial charge is 0.165 e. The van der Waals surface area contributed by atoms with Gasteiger partial charge < -0.3 is 4.90 Å². The van der Waals surface area contributed by atoms with Gasteiger partial charge in [0.05, 0.1) is 23.4 Å². The monoisotopic (exact) mass is 345 g/mol. The summed E-state index contributed by atoms with van der Waals surface area (Å²) in [4.78, 5) is 11.4. The van der Waals surface area contributed by atoms with Crippen molar-refractivity contribution in [2.75, 3.05) is 16.9 Å². The number of nitrogens with one attached hydrogen (secondary N) is 1. The summed E-state index contributed by atoms with van der Waals surface area (Å²) in [5.74, 6) is 0.638. The number of fused-ring (bicyclic) bond motifs is 1. The van der Waals surface area contributed by atoms with Crippen molar-refractivity contribution in [1.29, 1.82) is 0 Å². The molecular weight excluding hydrogens is 322 g/mol. The summed E-state index contributed by atoms with van der Waals surface area (Å²) < 4.78 is 0. The summed E-state index contributed by atoms with van der Waals surface area (Å²) in [5, 5.41) is 4.28. The van der Waals surface area contributed by atoms with Crippen molar-refractivity contribution >= 4 is 28.8 Å². The average molecular weight is 345 g/mol. The maximum Gasteiger partial charge on any atom is 0.165 e. The predicted molar refractivity (Wildman–Crippen MR) is 108 cm³/mol. The van der Waals surface area contributed by atoms with Gasteiger partial charge in [0.25, 0.3) is 0 Å². The fraction of sp³-hybridized carbons (Fsp3) is 0.286. The molecule has 1 aromatic heterocycles. The second-order valence-electron chi connectivity index (χ2n) is 6.74. The molecule has 2 heterocycles. The minimum absolute atomic E-state index is 0.622. The number of para-hydroxylation sites is 2. The van der Waals surface area contributed by atoms with Gasteiger partial charge in [-0.2, -0.15) is 5.10 Å². The molecule has 2 aromatic carbocycles. The molecule has 0 saturated carbocycles. The van der Waals surface area contributed by atoms with Crippen LogP contribution in [0.15, 0.2) is 59.8 Å². The van der Waals surface area contributed by atoms with Crippen molar-refractivity contribution < 1.29 is 0 Å². The summed E-state index contributed by atoms with van der Waals surface area (Å²) in [7, 11) is 0. The van der Waals surface area contributed by atoms with Crippen LogP contribution in [0.2, 0.25) is 0 Å². The van der Waals surface area contributed by atoms with E-state index in [1.807, 2.05) is 24.3 Å². The van der Waals surface area contributed by atoms with Crippen molar-refractivity contribution in [1.82, 2.24) is 9.97 Å². The molecule has 1 N–H and O–H groups in total. The molecule has 0 aliphatic carbocycles. The fourth-order valence-corrected chi connectivity index (χ4v) is 3.42. The zero-order valence-corrected chi connectivity index (χ0v) is 15.0. The van der Waals surface area contributed by atoms with E-state index in [4.69, 9.17) is 0 Å². The number of rotatable bonds is 4. The van der Waals surface area contributed by atoms with Gasteiger partial charge in [-0.05, 0) is 56.0 Å². The third-order valence-electron chi connectivity index (χ3n) is 4.87. The average Bonchev–Trinajstić information content (AvgIpc) is 2.69. The molecule has 0 amide bonds. The summed E-state index contributed by atoms with van der Waals surface area (Å²) in [6.07, 6.45) is 7.40. The third kappa shape index (κ3) is 3.67. The van der Waals surface area contributed by atoms with Gasteiger partial charge >= 0.3 is 0 Å². The molecule has 1 atom stereocenters. The molecule has 1 saturated heterocycles. The van der Waals surface area contributed by atoms with E-state index in [0.29, 0.717) is 11.9 Å². The normalized spacial score (nSPS) is 17.7. The molecule has 4 rings (SSSR count). The van der Waals surface area contributed by atoms with E-state index in [-0.39, 0.29) is 0 Å². The first kappa shape index (κ1) is 16.5. The van der Waals surface area contributed by atoms with Gasteiger partial charge in [-0.25, -0.2) is 4.98 Å². The second-order valence-corrected chi connectivity index (χ2v) is 6.74. The molecule has 1 aliphatic rings. The molecule has 3 aromatic rings. The quantitative estimate of drug-likeness (QED) is 0.560. The first-order valence-corrected chi connectivity index (χ1v) is 9.17. The Kier molecular flexibility index (Phi) is 4.78. The van der Waals surface area contributed by atoms with E-state index < -0.39 is 0 Å². The van der Waals surface area contributed by atoms with Gasteiger partial charge in [-0.1, -0.05) is 24.3 Å². The molecule has 1 aliphatic heterocycles. The number of hydrogen-bond acceptors (Lipinski definition) is 5. The van der Waals surface area contributed by atoms with Crippen molar-refractivity contribution in [2.24, 2.45) is 5.10 Å². The summed E-state index contributed by atoms with van der Waals surface area (Å²) >= 11 is 0. The molecule has 1 fully saturated rings. The number of piperidine rings is 1. The first-order valence-electron chi connectivity index (χ1n) is 9.17. The Balaban J connectivity index is 1.41. The van der Waals surface area contributed by atoms with E-state index in [1.165, 1.54) is 24.9 Å². The molecule has 26 heavy (non-hydrogen) atoms. The SMILES string of the molecule is CC1CCCCN1c1ccc(C=NNc2cnc3ccccc3n2)cc1. The van der Waals surface area contributed by atoms with Gasteiger partial charge in [-0.15, -0.1) is 0 Å². The Morgan fingerprint density at radius 1 is 1.08 bits per heavy atom. The number of anilines is 2. The zero-order chi connectivity index (χ0) is 17.8. The lowest BCUT2D eigenvalue weighted by Gasteiger charge is -2.35.